The van der Waals surface area contributed by atoms with Gasteiger partial charge in [0.25, 0.3) is 5.91 Å². The summed E-state index contributed by atoms with van der Waals surface area (Å²) in [7, 11) is 1.51. The number of ether oxygens (including phenoxy) is 1. The van der Waals surface area contributed by atoms with Crippen molar-refractivity contribution in [3.05, 3.63) is 22.7 Å². The van der Waals surface area contributed by atoms with Crippen LogP contribution in [0.1, 0.15) is 36.5 Å². The molecule has 4 nitrogen and oxygen atoms in total. The van der Waals surface area contributed by atoms with Crippen molar-refractivity contribution < 1.29 is 9.53 Å². The topological polar surface area (TPSA) is 64.3 Å². The minimum Gasteiger partial charge on any atom is -0.496 e. The number of hydrogen-bond acceptors (Lipinski definition) is 3. The van der Waals surface area contributed by atoms with Crippen molar-refractivity contribution in [2.75, 3.05) is 19.4 Å². The van der Waals surface area contributed by atoms with Gasteiger partial charge in [-0.05, 0) is 24.3 Å². The van der Waals surface area contributed by atoms with Crippen LogP contribution in [0.2, 0.25) is 5.02 Å². The maximum Gasteiger partial charge on any atom is 0.255 e. The molecule has 1 aromatic carbocycles. The summed E-state index contributed by atoms with van der Waals surface area (Å²) in [4.78, 5) is 12.2. The second-order valence-electron chi connectivity index (χ2n) is 5.42. The van der Waals surface area contributed by atoms with E-state index in [9.17, 15) is 4.79 Å². The highest BCUT2D eigenvalue weighted by atomic mass is 35.5. The first-order valence-corrected chi connectivity index (χ1v) is 6.74. The van der Waals surface area contributed by atoms with E-state index in [0.29, 0.717) is 28.6 Å². The third-order valence-corrected chi connectivity index (χ3v) is 4.13. The molecule has 104 valence electrons. The first-order valence-electron chi connectivity index (χ1n) is 6.36. The highest BCUT2D eigenvalue weighted by Gasteiger charge is 2.32. The van der Waals surface area contributed by atoms with E-state index >= 15 is 0 Å². The van der Waals surface area contributed by atoms with Gasteiger partial charge in [-0.2, -0.15) is 0 Å². The number of nitrogens with two attached hydrogens (primary N) is 1. The van der Waals surface area contributed by atoms with Crippen LogP contribution >= 0.6 is 11.6 Å². The average molecular weight is 283 g/mol. The first-order chi connectivity index (χ1) is 8.95. The molecule has 1 saturated carbocycles. The quantitative estimate of drug-likeness (QED) is 0.835. The Balaban J connectivity index is 2.11. The molecule has 0 saturated heterocycles. The van der Waals surface area contributed by atoms with Crippen molar-refractivity contribution >= 4 is 23.2 Å². The molecule has 3 N–H and O–H groups in total. The highest BCUT2D eigenvalue weighted by molar-refractivity contribution is 6.33. The molecule has 1 aliphatic carbocycles. The monoisotopic (exact) mass is 282 g/mol. The number of anilines is 1. The number of nitrogens with one attached hydrogen (secondary N) is 1. The van der Waals surface area contributed by atoms with Crippen LogP contribution < -0.4 is 15.8 Å². The molecule has 0 spiro atoms. The van der Waals surface area contributed by atoms with Gasteiger partial charge in [0.2, 0.25) is 0 Å². The Kier molecular flexibility index (Phi) is 3.90. The number of hydrogen-bond donors (Lipinski definition) is 2. The zero-order chi connectivity index (χ0) is 14.0. The first kappa shape index (κ1) is 14.0. The molecule has 1 aromatic rings. The van der Waals surface area contributed by atoms with Gasteiger partial charge in [0, 0.05) is 12.6 Å². The normalized spacial score (nSPS) is 16.6. The summed E-state index contributed by atoms with van der Waals surface area (Å²) in [5.41, 5.74) is 6.76. The number of halogens is 1. The Morgan fingerprint density at radius 3 is 2.74 bits per heavy atom. The lowest BCUT2D eigenvalue weighted by Gasteiger charge is -2.38. The van der Waals surface area contributed by atoms with Gasteiger partial charge in [-0.3, -0.25) is 4.79 Å². The summed E-state index contributed by atoms with van der Waals surface area (Å²) in [5.74, 6) is 0.269. The second-order valence-corrected chi connectivity index (χ2v) is 5.83. The van der Waals surface area contributed by atoms with Crippen molar-refractivity contribution in [1.82, 2.24) is 5.32 Å². The van der Waals surface area contributed by atoms with Gasteiger partial charge in [-0.15, -0.1) is 0 Å². The molecule has 0 atom stereocenters. The average Bonchev–Trinajstić information content (AvgIpc) is 2.36. The fraction of sp³-hybridized carbons (Fsp3) is 0.500. The fourth-order valence-corrected chi connectivity index (χ4v) is 2.43. The van der Waals surface area contributed by atoms with Gasteiger partial charge in [-0.1, -0.05) is 24.9 Å². The highest BCUT2D eigenvalue weighted by Crippen LogP contribution is 2.39. The molecule has 0 radical (unpaired) electrons. The molecule has 0 unspecified atom stereocenters. The molecule has 19 heavy (non-hydrogen) atoms. The van der Waals surface area contributed by atoms with Crippen LogP contribution in [-0.4, -0.2) is 19.6 Å². The standard InChI is InChI=1S/C14H19ClN2O2/c1-14(4-3-5-14)8-17-13(18)9-6-10(15)11(16)7-12(9)19-2/h6-7H,3-5,8,16H2,1-2H3,(H,17,18). The maximum absolute atomic E-state index is 12.2. The summed E-state index contributed by atoms with van der Waals surface area (Å²) in [6.07, 6.45) is 3.56. The molecular formula is C14H19ClN2O2. The third-order valence-electron chi connectivity index (χ3n) is 3.80. The molecular weight excluding hydrogens is 264 g/mol. The predicted molar refractivity (Wildman–Crippen MR) is 76.7 cm³/mol. The van der Waals surface area contributed by atoms with Crippen LogP contribution in [0, 0.1) is 5.41 Å². The van der Waals surface area contributed by atoms with Crippen LogP contribution in [-0.2, 0) is 0 Å². The van der Waals surface area contributed by atoms with Crippen LogP contribution in [0.25, 0.3) is 0 Å². The molecule has 5 heteroatoms. The zero-order valence-corrected chi connectivity index (χ0v) is 12.0. The van der Waals surface area contributed by atoms with E-state index in [1.165, 1.54) is 13.5 Å². The van der Waals surface area contributed by atoms with E-state index in [2.05, 4.69) is 12.2 Å². The van der Waals surface area contributed by atoms with Gasteiger partial charge >= 0.3 is 0 Å². The Labute approximate surface area is 118 Å². The van der Waals surface area contributed by atoms with E-state index in [1.54, 1.807) is 12.1 Å². The lowest BCUT2D eigenvalue weighted by molar-refractivity contribution is 0.0888. The van der Waals surface area contributed by atoms with E-state index in [0.717, 1.165) is 12.8 Å². The van der Waals surface area contributed by atoms with Crippen LogP contribution in [0.15, 0.2) is 12.1 Å². The molecule has 0 heterocycles. The van der Waals surface area contributed by atoms with Gasteiger partial charge in [0.05, 0.1) is 23.4 Å². The molecule has 0 aromatic heterocycles. The van der Waals surface area contributed by atoms with Crippen LogP contribution in [0.4, 0.5) is 5.69 Å². The Hall–Kier alpha value is -1.42. The number of methoxy groups -OCH3 is 1. The Morgan fingerprint density at radius 1 is 1.53 bits per heavy atom. The van der Waals surface area contributed by atoms with E-state index in [1.807, 2.05) is 0 Å². The fourth-order valence-electron chi connectivity index (χ4n) is 2.26. The number of carbonyl (C=O) groups is 1. The lowest BCUT2D eigenvalue weighted by atomic mass is 9.70. The largest absolute Gasteiger partial charge is 0.496 e. The van der Waals surface area contributed by atoms with Crippen LogP contribution in [0.3, 0.4) is 0 Å². The molecule has 1 fully saturated rings. The van der Waals surface area contributed by atoms with Gasteiger partial charge in [-0.25, -0.2) is 0 Å². The number of benzene rings is 1. The summed E-state index contributed by atoms with van der Waals surface area (Å²) in [6, 6.07) is 3.12. The Morgan fingerprint density at radius 2 is 2.21 bits per heavy atom. The summed E-state index contributed by atoms with van der Waals surface area (Å²) in [6.45, 7) is 2.86. The van der Waals surface area contributed by atoms with Crippen molar-refractivity contribution in [3.63, 3.8) is 0 Å². The summed E-state index contributed by atoms with van der Waals surface area (Å²) in [5, 5.41) is 3.31. The van der Waals surface area contributed by atoms with Gasteiger partial charge < -0.3 is 15.8 Å². The van der Waals surface area contributed by atoms with E-state index < -0.39 is 0 Å². The van der Waals surface area contributed by atoms with Crippen molar-refractivity contribution in [2.24, 2.45) is 5.41 Å². The van der Waals surface area contributed by atoms with Crippen molar-refractivity contribution in [3.8, 4) is 5.75 Å². The second kappa shape index (κ2) is 5.29. The van der Waals surface area contributed by atoms with Crippen molar-refractivity contribution in [2.45, 2.75) is 26.2 Å². The molecule has 1 aliphatic rings. The number of nitrogen functional groups attached to an aromatic ring is 1. The Bertz CT molecular complexity index is 498. The SMILES string of the molecule is COc1cc(N)c(Cl)cc1C(=O)NCC1(C)CCC1. The number of rotatable bonds is 4. The summed E-state index contributed by atoms with van der Waals surface area (Å²) < 4.78 is 5.18. The van der Waals surface area contributed by atoms with Gasteiger partial charge in [0.15, 0.2) is 0 Å². The smallest absolute Gasteiger partial charge is 0.255 e. The number of amides is 1. The van der Waals surface area contributed by atoms with E-state index in [-0.39, 0.29) is 11.3 Å². The predicted octanol–water partition coefficient (Wildman–Crippen LogP) is 2.85. The van der Waals surface area contributed by atoms with E-state index in [4.69, 9.17) is 22.1 Å². The molecule has 1 amide bonds. The van der Waals surface area contributed by atoms with Crippen LogP contribution in [0.5, 0.6) is 5.75 Å². The lowest BCUT2D eigenvalue weighted by Crippen LogP contribution is -2.40. The minimum atomic E-state index is -0.174. The maximum atomic E-state index is 12.2. The third kappa shape index (κ3) is 2.95. The minimum absolute atomic E-state index is 0.174. The van der Waals surface area contributed by atoms with Gasteiger partial charge in [0.1, 0.15) is 5.75 Å². The van der Waals surface area contributed by atoms with Crippen molar-refractivity contribution in [1.29, 1.82) is 0 Å². The molecule has 2 rings (SSSR count). The number of carbonyl (C=O) groups excluding carboxylic acids is 1. The molecule has 0 bridgehead atoms. The summed E-state index contributed by atoms with van der Waals surface area (Å²) >= 11 is 5.95. The zero-order valence-electron chi connectivity index (χ0n) is 11.3. The molecule has 0 aliphatic heterocycles.